The van der Waals surface area contributed by atoms with E-state index in [9.17, 15) is 0 Å². The van der Waals surface area contributed by atoms with Crippen LogP contribution in [-0.4, -0.2) is 19.6 Å². The summed E-state index contributed by atoms with van der Waals surface area (Å²) >= 11 is 13.8. The zero-order valence-electron chi connectivity index (χ0n) is 9.61. The van der Waals surface area contributed by atoms with Crippen LogP contribution in [0.3, 0.4) is 0 Å². The minimum Gasteiger partial charge on any atom is -0.274 e. The summed E-state index contributed by atoms with van der Waals surface area (Å²) in [5.74, 6) is 0.704. The largest absolute Gasteiger partial charge is 0.274 e. The molecule has 3 aromatic heterocycles. The van der Waals surface area contributed by atoms with E-state index < -0.39 is 0 Å². The van der Waals surface area contributed by atoms with Gasteiger partial charge in [0.05, 0.1) is 15.6 Å². The molecule has 0 N–H and O–H groups in total. The average molecular weight is 299 g/mol. The van der Waals surface area contributed by atoms with E-state index in [0.717, 1.165) is 16.3 Å². The number of aryl methyl sites for hydroxylation is 2. The first-order valence-electron chi connectivity index (χ1n) is 5.21. The summed E-state index contributed by atoms with van der Waals surface area (Å²) in [5.41, 5.74) is 2.36. The first-order valence-corrected chi connectivity index (χ1v) is 6.84. The van der Waals surface area contributed by atoms with E-state index in [-0.39, 0.29) is 0 Å². The van der Waals surface area contributed by atoms with E-state index in [4.69, 9.17) is 23.2 Å². The molecule has 92 valence electrons. The van der Waals surface area contributed by atoms with Crippen molar-refractivity contribution in [1.82, 2.24) is 19.6 Å². The van der Waals surface area contributed by atoms with E-state index in [1.807, 2.05) is 29.7 Å². The molecule has 0 saturated carbocycles. The molecule has 0 amide bonds. The third-order valence-corrected chi connectivity index (χ3v) is 4.38. The first-order chi connectivity index (χ1) is 8.59. The number of aromatic nitrogens is 4. The van der Waals surface area contributed by atoms with Gasteiger partial charge in [0.25, 0.3) is 0 Å². The Morgan fingerprint density at radius 1 is 1.22 bits per heavy atom. The number of rotatable bonds is 1. The van der Waals surface area contributed by atoms with Crippen molar-refractivity contribution >= 4 is 40.2 Å². The normalized spacial score (nSPS) is 11.3. The topological polar surface area (TPSA) is 43.1 Å². The van der Waals surface area contributed by atoms with Crippen molar-refractivity contribution in [2.75, 3.05) is 0 Å². The molecule has 0 aliphatic carbocycles. The summed E-state index contributed by atoms with van der Waals surface area (Å²) in [6, 6.07) is 1.84. The van der Waals surface area contributed by atoms with Gasteiger partial charge in [0.15, 0.2) is 16.6 Å². The summed E-state index contributed by atoms with van der Waals surface area (Å²) in [5, 5.41) is 11.2. The Hall–Kier alpha value is -1.17. The van der Waals surface area contributed by atoms with Crippen molar-refractivity contribution in [3.63, 3.8) is 0 Å². The molecular weight excluding hydrogens is 291 g/mol. The Morgan fingerprint density at radius 3 is 2.67 bits per heavy atom. The van der Waals surface area contributed by atoms with Crippen molar-refractivity contribution in [2.45, 2.75) is 13.8 Å². The number of hydrogen-bond donors (Lipinski definition) is 0. The highest BCUT2D eigenvalue weighted by Crippen LogP contribution is 2.33. The van der Waals surface area contributed by atoms with Gasteiger partial charge >= 0.3 is 0 Å². The van der Waals surface area contributed by atoms with E-state index in [0.29, 0.717) is 21.6 Å². The lowest BCUT2D eigenvalue weighted by atomic mass is 10.3. The van der Waals surface area contributed by atoms with E-state index in [1.54, 1.807) is 0 Å². The van der Waals surface area contributed by atoms with Gasteiger partial charge in [0, 0.05) is 5.69 Å². The maximum Gasteiger partial charge on any atom is 0.199 e. The van der Waals surface area contributed by atoms with E-state index in [1.165, 1.54) is 11.3 Å². The lowest BCUT2D eigenvalue weighted by Crippen LogP contribution is -2.00. The Labute approximate surface area is 117 Å². The van der Waals surface area contributed by atoms with Crippen LogP contribution < -0.4 is 0 Å². The second kappa shape index (κ2) is 4.19. The minimum atomic E-state index is 0.351. The van der Waals surface area contributed by atoms with Crippen LogP contribution in [0, 0.1) is 13.8 Å². The molecule has 3 aromatic rings. The van der Waals surface area contributed by atoms with Crippen LogP contribution in [0.2, 0.25) is 10.2 Å². The molecule has 0 aromatic carbocycles. The van der Waals surface area contributed by atoms with Crippen molar-refractivity contribution < 1.29 is 0 Å². The molecule has 18 heavy (non-hydrogen) atoms. The van der Waals surface area contributed by atoms with Crippen LogP contribution in [0.4, 0.5) is 0 Å². The van der Waals surface area contributed by atoms with Gasteiger partial charge in [-0.2, -0.15) is 0 Å². The molecule has 0 unspecified atom stereocenters. The summed E-state index contributed by atoms with van der Waals surface area (Å²) in [4.78, 5) is 5.11. The van der Waals surface area contributed by atoms with Crippen molar-refractivity contribution in [1.29, 1.82) is 0 Å². The van der Waals surface area contributed by atoms with Gasteiger partial charge in [-0.3, -0.25) is 4.40 Å². The van der Waals surface area contributed by atoms with Crippen molar-refractivity contribution in [3.05, 3.63) is 33.0 Å². The maximum absolute atomic E-state index is 6.14. The standard InChI is InChI=1S/C11H8Cl2N4S/c1-5-6(2)17-10(8-7(12)3-4-18-8)15-16-11(17)9(13)14-5/h3-4H,1-2H3. The smallest absolute Gasteiger partial charge is 0.199 e. The molecule has 4 nitrogen and oxygen atoms in total. The Kier molecular flexibility index (Phi) is 2.77. The maximum atomic E-state index is 6.14. The van der Waals surface area contributed by atoms with Gasteiger partial charge < -0.3 is 0 Å². The summed E-state index contributed by atoms with van der Waals surface area (Å²) in [6.07, 6.45) is 0. The minimum absolute atomic E-state index is 0.351. The Balaban J connectivity index is 2.42. The van der Waals surface area contributed by atoms with Gasteiger partial charge in [0.2, 0.25) is 0 Å². The van der Waals surface area contributed by atoms with Crippen molar-refractivity contribution in [3.8, 4) is 10.7 Å². The van der Waals surface area contributed by atoms with Gasteiger partial charge in [-0.1, -0.05) is 23.2 Å². The monoisotopic (exact) mass is 298 g/mol. The van der Waals surface area contributed by atoms with Gasteiger partial charge in [-0.25, -0.2) is 4.98 Å². The third-order valence-electron chi connectivity index (χ3n) is 2.79. The summed E-state index contributed by atoms with van der Waals surface area (Å²) < 4.78 is 1.89. The zero-order valence-corrected chi connectivity index (χ0v) is 11.9. The van der Waals surface area contributed by atoms with E-state index in [2.05, 4.69) is 15.2 Å². The third kappa shape index (κ3) is 1.62. The Bertz CT molecular complexity index is 747. The molecule has 0 saturated heterocycles. The molecule has 0 aliphatic rings. The molecule has 0 atom stereocenters. The van der Waals surface area contributed by atoms with Crippen LogP contribution in [0.1, 0.15) is 11.4 Å². The van der Waals surface area contributed by atoms with Crippen LogP contribution in [0.15, 0.2) is 11.4 Å². The van der Waals surface area contributed by atoms with Crippen LogP contribution in [0.5, 0.6) is 0 Å². The van der Waals surface area contributed by atoms with Crippen LogP contribution in [0.25, 0.3) is 16.3 Å². The van der Waals surface area contributed by atoms with Crippen molar-refractivity contribution in [2.24, 2.45) is 0 Å². The highest BCUT2D eigenvalue weighted by molar-refractivity contribution is 7.14. The number of halogens is 2. The predicted octanol–water partition coefficient (Wildman–Crippen LogP) is 3.78. The lowest BCUT2D eigenvalue weighted by Gasteiger charge is -2.06. The highest BCUT2D eigenvalue weighted by Gasteiger charge is 2.17. The molecular formula is C11H8Cl2N4S. The summed E-state index contributed by atoms with van der Waals surface area (Å²) in [7, 11) is 0. The van der Waals surface area contributed by atoms with Crippen LogP contribution >= 0.6 is 34.5 Å². The molecule has 0 bridgehead atoms. The lowest BCUT2D eigenvalue weighted by molar-refractivity contribution is 1.00. The fourth-order valence-electron chi connectivity index (χ4n) is 1.78. The van der Waals surface area contributed by atoms with Crippen LogP contribution in [-0.2, 0) is 0 Å². The molecule has 3 rings (SSSR count). The Morgan fingerprint density at radius 2 is 2.00 bits per heavy atom. The number of thiophene rings is 1. The second-order valence-corrected chi connectivity index (χ2v) is 5.54. The van der Waals surface area contributed by atoms with Gasteiger partial charge in [-0.05, 0) is 25.3 Å². The average Bonchev–Trinajstić information content (AvgIpc) is 2.91. The molecule has 0 radical (unpaired) electrons. The number of nitrogens with zero attached hydrogens (tertiary/aromatic N) is 4. The van der Waals surface area contributed by atoms with E-state index >= 15 is 0 Å². The molecule has 0 fully saturated rings. The zero-order chi connectivity index (χ0) is 12.9. The quantitative estimate of drug-likeness (QED) is 0.687. The fraction of sp³-hybridized carbons (Fsp3) is 0.182. The molecule has 0 aliphatic heterocycles. The first kappa shape index (κ1) is 11.9. The molecule has 0 spiro atoms. The number of fused-ring (bicyclic) bond motifs is 1. The fourth-order valence-corrected chi connectivity index (χ4v) is 3.14. The molecule has 7 heteroatoms. The van der Waals surface area contributed by atoms with Gasteiger partial charge in [-0.15, -0.1) is 21.5 Å². The summed E-state index contributed by atoms with van der Waals surface area (Å²) in [6.45, 7) is 3.86. The SMILES string of the molecule is Cc1nc(Cl)c2nnc(-c3sccc3Cl)n2c1C. The number of hydrogen-bond acceptors (Lipinski definition) is 4. The highest BCUT2D eigenvalue weighted by atomic mass is 35.5. The second-order valence-electron chi connectivity index (χ2n) is 3.85. The molecule has 3 heterocycles. The van der Waals surface area contributed by atoms with Gasteiger partial charge in [0.1, 0.15) is 0 Å². The predicted molar refractivity (Wildman–Crippen MR) is 73.6 cm³/mol.